The Labute approximate surface area is 308 Å². The Bertz CT molecular complexity index is 2880. The number of aryl methyl sites for hydroxylation is 2. The third-order valence-electron chi connectivity index (χ3n) is 10.8. The van der Waals surface area contributed by atoms with Gasteiger partial charge in [-0.2, -0.15) is 0 Å². The third-order valence-corrected chi connectivity index (χ3v) is 10.8. The van der Waals surface area contributed by atoms with Gasteiger partial charge in [0.2, 0.25) is 0 Å². The van der Waals surface area contributed by atoms with Crippen molar-refractivity contribution < 1.29 is 0 Å². The van der Waals surface area contributed by atoms with E-state index in [4.69, 9.17) is 9.97 Å². The van der Waals surface area contributed by atoms with Crippen molar-refractivity contribution in [1.82, 2.24) is 19.1 Å². The summed E-state index contributed by atoms with van der Waals surface area (Å²) in [6.07, 6.45) is 1.90. The van der Waals surface area contributed by atoms with Crippen LogP contribution in [0.4, 0.5) is 0 Å². The fourth-order valence-electron chi connectivity index (χ4n) is 8.54. The molecular weight excluding hydrogens is 645 g/mol. The van der Waals surface area contributed by atoms with Gasteiger partial charge in [0.15, 0.2) is 0 Å². The molecule has 10 aromatic rings. The molecule has 0 saturated carbocycles. The number of rotatable bonds is 6. The SMILES string of the molecule is Cc1ccnc(-n2c3ccccc3c3ccc(C(c4ccccc4)(c4ccccc4)c4cc(C)cc(-n5c6ccccc6c6ccccc65)n4)cc32)c1. The first-order valence-corrected chi connectivity index (χ1v) is 18.2. The minimum atomic E-state index is -0.766. The zero-order chi connectivity index (χ0) is 35.5. The fourth-order valence-corrected chi connectivity index (χ4v) is 8.54. The molecule has 0 aliphatic carbocycles. The van der Waals surface area contributed by atoms with Crippen LogP contribution in [0.5, 0.6) is 0 Å². The van der Waals surface area contributed by atoms with Crippen LogP contribution in [0.25, 0.3) is 55.2 Å². The van der Waals surface area contributed by atoms with Crippen LogP contribution >= 0.6 is 0 Å². The second-order valence-corrected chi connectivity index (χ2v) is 14.0. The third kappa shape index (κ3) is 4.76. The molecule has 10 rings (SSSR count). The molecule has 4 heterocycles. The maximum absolute atomic E-state index is 5.74. The van der Waals surface area contributed by atoms with Gasteiger partial charge in [0.05, 0.1) is 33.2 Å². The van der Waals surface area contributed by atoms with Crippen molar-refractivity contribution in [3.63, 3.8) is 0 Å². The lowest BCUT2D eigenvalue weighted by molar-refractivity contribution is 0.710. The van der Waals surface area contributed by atoms with E-state index in [2.05, 4.69) is 199 Å². The topological polar surface area (TPSA) is 35.6 Å². The summed E-state index contributed by atoms with van der Waals surface area (Å²) in [4.78, 5) is 10.6. The Morgan fingerprint density at radius 1 is 0.396 bits per heavy atom. The van der Waals surface area contributed by atoms with E-state index >= 15 is 0 Å². The molecule has 0 radical (unpaired) electrons. The van der Waals surface area contributed by atoms with E-state index in [-0.39, 0.29) is 0 Å². The molecular formula is C49H36N4. The normalized spacial score (nSPS) is 12.0. The molecule has 0 N–H and O–H groups in total. The van der Waals surface area contributed by atoms with E-state index < -0.39 is 5.41 Å². The molecule has 0 aliphatic rings. The van der Waals surface area contributed by atoms with Crippen molar-refractivity contribution in [1.29, 1.82) is 0 Å². The highest BCUT2D eigenvalue weighted by Gasteiger charge is 2.41. The number of para-hydroxylation sites is 3. The van der Waals surface area contributed by atoms with Crippen LogP contribution in [0, 0.1) is 13.8 Å². The van der Waals surface area contributed by atoms with E-state index in [0.29, 0.717) is 0 Å². The molecule has 0 spiro atoms. The van der Waals surface area contributed by atoms with Gasteiger partial charge in [-0.1, -0.05) is 127 Å². The molecule has 0 saturated heterocycles. The number of pyridine rings is 2. The fraction of sp³-hybridized carbons (Fsp3) is 0.0612. The molecule has 0 bridgehead atoms. The van der Waals surface area contributed by atoms with Gasteiger partial charge < -0.3 is 0 Å². The smallest absolute Gasteiger partial charge is 0.138 e. The van der Waals surface area contributed by atoms with Gasteiger partial charge in [-0.15, -0.1) is 0 Å². The highest BCUT2D eigenvalue weighted by Crippen LogP contribution is 2.47. The molecule has 6 aromatic carbocycles. The van der Waals surface area contributed by atoms with E-state index in [1.54, 1.807) is 0 Å². The van der Waals surface area contributed by atoms with E-state index in [1.807, 2.05) is 6.20 Å². The van der Waals surface area contributed by atoms with Crippen LogP contribution in [0.15, 0.2) is 182 Å². The van der Waals surface area contributed by atoms with E-state index in [1.165, 1.54) is 27.1 Å². The highest BCUT2D eigenvalue weighted by atomic mass is 15.1. The quantitative estimate of drug-likeness (QED) is 0.164. The van der Waals surface area contributed by atoms with Crippen molar-refractivity contribution in [2.75, 3.05) is 0 Å². The first-order chi connectivity index (χ1) is 26.1. The largest absolute Gasteiger partial charge is 0.294 e. The number of hydrogen-bond acceptors (Lipinski definition) is 2. The van der Waals surface area contributed by atoms with Crippen molar-refractivity contribution in [2.45, 2.75) is 19.3 Å². The minimum Gasteiger partial charge on any atom is -0.294 e. The van der Waals surface area contributed by atoms with E-state index in [0.717, 1.165) is 61.7 Å². The zero-order valence-electron chi connectivity index (χ0n) is 29.6. The molecule has 0 unspecified atom stereocenters. The summed E-state index contributed by atoms with van der Waals surface area (Å²) >= 11 is 0. The first kappa shape index (κ1) is 31.0. The molecule has 4 nitrogen and oxygen atoms in total. The van der Waals surface area contributed by atoms with Gasteiger partial charge in [-0.25, -0.2) is 9.97 Å². The summed E-state index contributed by atoms with van der Waals surface area (Å²) in [6.45, 7) is 4.31. The monoisotopic (exact) mass is 680 g/mol. The van der Waals surface area contributed by atoms with Crippen molar-refractivity contribution >= 4 is 43.6 Å². The van der Waals surface area contributed by atoms with Gasteiger partial charge >= 0.3 is 0 Å². The Balaban J connectivity index is 1.33. The van der Waals surface area contributed by atoms with Crippen molar-refractivity contribution in [2.24, 2.45) is 0 Å². The van der Waals surface area contributed by atoms with Gasteiger partial charge in [0.25, 0.3) is 0 Å². The summed E-state index contributed by atoms with van der Waals surface area (Å²) in [5.41, 5.74) is 10.4. The zero-order valence-corrected chi connectivity index (χ0v) is 29.6. The van der Waals surface area contributed by atoms with Crippen LogP contribution in [0.1, 0.15) is 33.5 Å². The standard InChI is InChI=1S/C49H36N4/c1-33-27-28-50-47(30-33)53-44-24-14-11-21-40(44)41-26-25-37(32-45(41)53)49(35-15-5-3-6-16-35,36-17-7-4-8-18-36)46-29-34(2)31-48(51-46)52-42-22-12-9-19-38(42)39-20-10-13-23-43(39)52/h3-32H,1-2H3. The number of fused-ring (bicyclic) bond motifs is 6. The first-order valence-electron chi connectivity index (χ1n) is 18.2. The predicted octanol–water partition coefficient (Wildman–Crippen LogP) is 11.7. The second-order valence-electron chi connectivity index (χ2n) is 14.0. The lowest BCUT2D eigenvalue weighted by atomic mass is 9.66. The molecule has 0 atom stereocenters. The number of benzene rings is 6. The summed E-state index contributed by atoms with van der Waals surface area (Å²) in [5.74, 6) is 1.80. The van der Waals surface area contributed by atoms with Crippen LogP contribution < -0.4 is 0 Å². The average Bonchev–Trinajstić information content (AvgIpc) is 3.72. The van der Waals surface area contributed by atoms with Crippen LogP contribution in [-0.2, 0) is 5.41 Å². The lowest BCUT2D eigenvalue weighted by Crippen LogP contribution is -2.32. The summed E-state index contributed by atoms with van der Waals surface area (Å²) in [6, 6.07) is 63.4. The van der Waals surface area contributed by atoms with E-state index in [9.17, 15) is 0 Å². The highest BCUT2D eigenvalue weighted by molar-refractivity contribution is 6.10. The Hall–Kier alpha value is -6.78. The average molecular weight is 681 g/mol. The number of aromatic nitrogens is 4. The summed E-state index contributed by atoms with van der Waals surface area (Å²) < 4.78 is 4.64. The molecule has 252 valence electrons. The Kier molecular flexibility index (Phi) is 7.12. The van der Waals surface area contributed by atoms with Crippen LogP contribution in [0.2, 0.25) is 0 Å². The van der Waals surface area contributed by atoms with Gasteiger partial charge in [-0.3, -0.25) is 9.13 Å². The molecule has 53 heavy (non-hydrogen) atoms. The van der Waals surface area contributed by atoms with Gasteiger partial charge in [-0.05, 0) is 90.2 Å². The van der Waals surface area contributed by atoms with Crippen LogP contribution in [0.3, 0.4) is 0 Å². The van der Waals surface area contributed by atoms with Gasteiger partial charge in [0, 0.05) is 27.7 Å². The molecule has 0 amide bonds. The molecule has 0 fully saturated rings. The summed E-state index contributed by atoms with van der Waals surface area (Å²) in [5, 5.41) is 4.82. The lowest BCUT2D eigenvalue weighted by Gasteiger charge is -2.36. The van der Waals surface area contributed by atoms with Crippen LogP contribution in [-0.4, -0.2) is 19.1 Å². The second kappa shape index (κ2) is 12.2. The maximum atomic E-state index is 5.74. The van der Waals surface area contributed by atoms with Gasteiger partial charge in [0.1, 0.15) is 11.6 Å². The molecule has 0 aliphatic heterocycles. The Morgan fingerprint density at radius 3 is 1.45 bits per heavy atom. The number of hydrogen-bond donors (Lipinski definition) is 0. The minimum absolute atomic E-state index is 0.766. The van der Waals surface area contributed by atoms with Crippen molar-refractivity contribution in [3.8, 4) is 11.6 Å². The maximum Gasteiger partial charge on any atom is 0.138 e. The summed E-state index contributed by atoms with van der Waals surface area (Å²) in [7, 11) is 0. The molecule has 4 aromatic heterocycles. The number of nitrogens with zero attached hydrogens (tertiary/aromatic N) is 4. The van der Waals surface area contributed by atoms with Crippen molar-refractivity contribution in [3.05, 3.63) is 216 Å². The Morgan fingerprint density at radius 2 is 0.887 bits per heavy atom. The molecule has 4 heteroatoms. The predicted molar refractivity (Wildman–Crippen MR) is 218 cm³/mol.